The lowest BCUT2D eigenvalue weighted by molar-refractivity contribution is -0.142. The van der Waals surface area contributed by atoms with Gasteiger partial charge in [-0.3, -0.25) is 14.0 Å². The monoisotopic (exact) mass is 498 g/mol. The van der Waals surface area contributed by atoms with Gasteiger partial charge in [0, 0.05) is 21.1 Å². The van der Waals surface area contributed by atoms with E-state index in [1.165, 1.54) is 11.3 Å². The summed E-state index contributed by atoms with van der Waals surface area (Å²) >= 11 is 4.85. The van der Waals surface area contributed by atoms with Crippen LogP contribution >= 0.6 is 27.3 Å². The number of hydrogen-bond acceptors (Lipinski definition) is 6. The number of esters is 1. The fraction of sp³-hybridized carbons (Fsp3) is 0.174. The molecule has 2 aromatic carbocycles. The van der Waals surface area contributed by atoms with Crippen molar-refractivity contribution in [3.05, 3.63) is 75.3 Å². The van der Waals surface area contributed by atoms with Gasteiger partial charge in [-0.2, -0.15) is 0 Å². The number of imidazole rings is 1. The van der Waals surface area contributed by atoms with Gasteiger partial charge < -0.3 is 9.47 Å². The van der Waals surface area contributed by atoms with Gasteiger partial charge >= 0.3 is 5.97 Å². The van der Waals surface area contributed by atoms with Crippen LogP contribution < -0.4 is 4.74 Å². The zero-order valence-corrected chi connectivity index (χ0v) is 19.1. The van der Waals surface area contributed by atoms with Crippen molar-refractivity contribution in [2.24, 2.45) is 0 Å². The van der Waals surface area contributed by atoms with Gasteiger partial charge in [-0.1, -0.05) is 46.3 Å². The molecule has 8 heteroatoms. The molecular formula is C23H19BrN2O4S. The van der Waals surface area contributed by atoms with E-state index in [2.05, 4.69) is 20.9 Å². The van der Waals surface area contributed by atoms with Crippen LogP contribution in [0.1, 0.15) is 27.9 Å². The Balaban J connectivity index is 1.69. The van der Waals surface area contributed by atoms with Crippen molar-refractivity contribution in [1.29, 1.82) is 0 Å². The number of aromatic nitrogens is 2. The van der Waals surface area contributed by atoms with Crippen LogP contribution in [0, 0.1) is 0 Å². The second-order valence-electron chi connectivity index (χ2n) is 6.71. The minimum absolute atomic E-state index is 0.151. The smallest absolute Gasteiger partial charge is 0.311 e. The molecule has 31 heavy (non-hydrogen) atoms. The van der Waals surface area contributed by atoms with Crippen molar-refractivity contribution < 1.29 is 19.1 Å². The van der Waals surface area contributed by atoms with Gasteiger partial charge in [0.15, 0.2) is 11.2 Å². The largest absolute Gasteiger partial charge is 0.488 e. The van der Waals surface area contributed by atoms with E-state index >= 15 is 0 Å². The molecule has 0 aliphatic rings. The first kappa shape index (κ1) is 21.3. The van der Waals surface area contributed by atoms with Crippen LogP contribution in [-0.4, -0.2) is 28.2 Å². The van der Waals surface area contributed by atoms with E-state index in [-0.39, 0.29) is 12.4 Å². The number of fused-ring (bicyclic) bond motifs is 1. The molecule has 4 aromatic rings. The van der Waals surface area contributed by atoms with Gasteiger partial charge in [-0.25, -0.2) is 4.98 Å². The molecule has 2 heterocycles. The summed E-state index contributed by atoms with van der Waals surface area (Å²) in [5.74, 6) is 0.330. The summed E-state index contributed by atoms with van der Waals surface area (Å²) in [4.78, 5) is 29.9. The van der Waals surface area contributed by atoms with E-state index in [1.807, 2.05) is 48.5 Å². The second kappa shape index (κ2) is 9.45. The van der Waals surface area contributed by atoms with Crippen molar-refractivity contribution in [3.63, 3.8) is 0 Å². The van der Waals surface area contributed by atoms with E-state index in [4.69, 9.17) is 9.47 Å². The number of thiazole rings is 1. The SMILES string of the molecule is CCOC(=O)Cc1cn2c(C=O)c(-c3cc(Br)ccc3OCc3ccccc3)nc2s1. The summed E-state index contributed by atoms with van der Waals surface area (Å²) in [6.45, 7) is 2.50. The highest BCUT2D eigenvalue weighted by atomic mass is 79.9. The maximum Gasteiger partial charge on any atom is 0.311 e. The Morgan fingerprint density at radius 3 is 2.77 bits per heavy atom. The predicted molar refractivity (Wildman–Crippen MR) is 123 cm³/mol. The normalized spacial score (nSPS) is 10.9. The fourth-order valence-corrected chi connectivity index (χ4v) is 4.53. The molecule has 6 nitrogen and oxygen atoms in total. The van der Waals surface area contributed by atoms with E-state index in [9.17, 15) is 9.59 Å². The molecule has 0 aliphatic heterocycles. The summed E-state index contributed by atoms with van der Waals surface area (Å²) in [6.07, 6.45) is 2.69. The predicted octanol–water partition coefficient (Wildman–Crippen LogP) is 5.32. The van der Waals surface area contributed by atoms with E-state index in [1.54, 1.807) is 17.5 Å². The lowest BCUT2D eigenvalue weighted by atomic mass is 10.1. The van der Waals surface area contributed by atoms with Gasteiger partial charge in [0.25, 0.3) is 0 Å². The third kappa shape index (κ3) is 4.70. The van der Waals surface area contributed by atoms with Crippen LogP contribution in [0.2, 0.25) is 0 Å². The van der Waals surface area contributed by atoms with Crippen LogP contribution in [0.15, 0.2) is 59.2 Å². The Hall–Kier alpha value is -2.97. The summed E-state index contributed by atoms with van der Waals surface area (Å²) in [7, 11) is 0. The first-order valence-corrected chi connectivity index (χ1v) is 11.3. The number of hydrogen-bond donors (Lipinski definition) is 0. The molecule has 158 valence electrons. The zero-order chi connectivity index (χ0) is 21.8. The maximum atomic E-state index is 12.0. The molecule has 0 aliphatic carbocycles. The van der Waals surface area contributed by atoms with E-state index in [0.29, 0.717) is 35.3 Å². The maximum absolute atomic E-state index is 12.0. The highest BCUT2D eigenvalue weighted by Crippen LogP contribution is 2.36. The van der Waals surface area contributed by atoms with Gasteiger partial charge in [-0.15, -0.1) is 11.3 Å². The van der Waals surface area contributed by atoms with Crippen LogP contribution in [0.4, 0.5) is 0 Å². The van der Waals surface area contributed by atoms with Crippen molar-refractivity contribution in [3.8, 4) is 17.0 Å². The fourth-order valence-electron chi connectivity index (χ4n) is 3.20. The van der Waals surface area contributed by atoms with Crippen LogP contribution in [0.5, 0.6) is 5.75 Å². The number of benzene rings is 2. The standard InChI is InChI=1S/C23H19BrN2O4S/c1-2-29-21(28)11-17-12-26-19(13-27)22(25-23(26)31-17)18-10-16(24)8-9-20(18)30-14-15-6-4-3-5-7-15/h3-10,12-13H,2,11,14H2,1H3. The molecule has 2 aromatic heterocycles. The number of nitrogens with zero attached hydrogens (tertiary/aromatic N) is 2. The van der Waals surface area contributed by atoms with E-state index < -0.39 is 0 Å². The van der Waals surface area contributed by atoms with Crippen molar-refractivity contribution in [1.82, 2.24) is 9.38 Å². The Morgan fingerprint density at radius 1 is 1.23 bits per heavy atom. The first-order valence-electron chi connectivity index (χ1n) is 9.67. The summed E-state index contributed by atoms with van der Waals surface area (Å²) in [5, 5.41) is 0. The van der Waals surface area contributed by atoms with Crippen LogP contribution in [-0.2, 0) is 22.6 Å². The lowest BCUT2D eigenvalue weighted by Gasteiger charge is -2.11. The van der Waals surface area contributed by atoms with Crippen LogP contribution in [0.3, 0.4) is 0 Å². The topological polar surface area (TPSA) is 69.9 Å². The molecule has 0 radical (unpaired) electrons. The molecule has 4 rings (SSSR count). The molecule has 0 unspecified atom stereocenters. The van der Waals surface area contributed by atoms with Crippen molar-refractivity contribution in [2.45, 2.75) is 20.0 Å². The highest BCUT2D eigenvalue weighted by molar-refractivity contribution is 9.10. The van der Waals surface area contributed by atoms with Crippen molar-refractivity contribution >= 4 is 44.5 Å². The summed E-state index contributed by atoms with van der Waals surface area (Å²) in [5.41, 5.74) is 2.70. The molecule has 0 fully saturated rings. The minimum Gasteiger partial charge on any atom is -0.488 e. The third-order valence-corrected chi connectivity index (χ3v) is 6.06. The Morgan fingerprint density at radius 2 is 2.03 bits per heavy atom. The number of aldehydes is 1. The quantitative estimate of drug-likeness (QED) is 0.242. The molecule has 0 amide bonds. The number of carbonyl (C=O) groups excluding carboxylic acids is 2. The first-order chi connectivity index (χ1) is 15.1. The van der Waals surface area contributed by atoms with Gasteiger partial charge in [0.1, 0.15) is 23.7 Å². The lowest BCUT2D eigenvalue weighted by Crippen LogP contribution is -2.06. The van der Waals surface area contributed by atoms with Gasteiger partial charge in [0.05, 0.1) is 13.0 Å². The Bertz CT molecular complexity index is 1230. The number of rotatable bonds is 8. The molecule has 0 saturated heterocycles. The Kier molecular flexibility index (Phi) is 6.48. The molecule has 0 spiro atoms. The number of halogens is 1. The average Bonchev–Trinajstić information content (AvgIpc) is 3.30. The van der Waals surface area contributed by atoms with Crippen molar-refractivity contribution in [2.75, 3.05) is 6.61 Å². The Labute approximate surface area is 191 Å². The number of carbonyl (C=O) groups is 2. The van der Waals surface area contributed by atoms with E-state index in [0.717, 1.165) is 26.8 Å². The second-order valence-corrected chi connectivity index (χ2v) is 8.72. The third-order valence-electron chi connectivity index (χ3n) is 4.58. The summed E-state index contributed by atoms with van der Waals surface area (Å²) < 4.78 is 13.6. The van der Waals surface area contributed by atoms with Crippen LogP contribution in [0.25, 0.3) is 16.2 Å². The molecule has 0 saturated carbocycles. The number of ether oxygens (including phenoxy) is 2. The van der Waals surface area contributed by atoms with Gasteiger partial charge in [-0.05, 0) is 30.7 Å². The highest BCUT2D eigenvalue weighted by Gasteiger charge is 2.20. The minimum atomic E-state index is -0.302. The molecule has 0 atom stereocenters. The average molecular weight is 499 g/mol. The molecule has 0 bridgehead atoms. The van der Waals surface area contributed by atoms with Gasteiger partial charge in [0.2, 0.25) is 0 Å². The zero-order valence-electron chi connectivity index (χ0n) is 16.7. The molecular weight excluding hydrogens is 480 g/mol. The summed E-state index contributed by atoms with van der Waals surface area (Å²) in [6, 6.07) is 15.5. The molecule has 0 N–H and O–H groups in total.